The van der Waals surface area contributed by atoms with Gasteiger partial charge in [0.05, 0.1) is 6.10 Å². The summed E-state index contributed by atoms with van der Waals surface area (Å²) in [6.07, 6.45) is 1.75. The second kappa shape index (κ2) is 8.46. The van der Waals surface area contributed by atoms with Gasteiger partial charge in [0, 0.05) is 33.4 Å². The lowest BCUT2D eigenvalue weighted by molar-refractivity contribution is 0.159. The zero-order valence-corrected chi connectivity index (χ0v) is 17.1. The molecule has 1 atom stereocenters. The maximum atomic E-state index is 12.6. The molecule has 0 spiro atoms. The van der Waals surface area contributed by atoms with E-state index in [4.69, 9.17) is 23.2 Å². The van der Waals surface area contributed by atoms with Crippen molar-refractivity contribution in [2.75, 3.05) is 10.6 Å². The third kappa shape index (κ3) is 4.56. The molecule has 0 saturated carbocycles. The number of amides is 2. The maximum Gasteiger partial charge on any atom is 0.323 e. The predicted octanol–water partition coefficient (Wildman–Crippen LogP) is 6.15. The third-order valence-corrected chi connectivity index (χ3v) is 5.63. The predicted molar refractivity (Wildman–Crippen MR) is 119 cm³/mol. The largest absolute Gasteiger partial charge is 0.393 e. The highest BCUT2D eigenvalue weighted by Gasteiger charge is 2.20. The number of aliphatic hydroxyl groups is 1. The Kier molecular flexibility index (Phi) is 5.76. The van der Waals surface area contributed by atoms with Crippen molar-refractivity contribution in [2.24, 2.45) is 0 Å². The monoisotopic (exact) mass is 426 g/mol. The van der Waals surface area contributed by atoms with Crippen LogP contribution in [0.5, 0.6) is 0 Å². The van der Waals surface area contributed by atoms with Crippen LogP contribution in [0.1, 0.15) is 17.5 Å². The van der Waals surface area contributed by atoms with E-state index in [0.29, 0.717) is 22.2 Å². The Morgan fingerprint density at radius 1 is 1.00 bits per heavy atom. The van der Waals surface area contributed by atoms with Crippen molar-refractivity contribution in [3.63, 3.8) is 0 Å². The molecular weight excluding hydrogens is 407 g/mol. The molecule has 0 aromatic heterocycles. The Hall–Kier alpha value is -2.53. The van der Waals surface area contributed by atoms with Gasteiger partial charge >= 0.3 is 6.03 Å². The van der Waals surface area contributed by atoms with Gasteiger partial charge in [-0.1, -0.05) is 47.5 Å². The molecule has 0 saturated heterocycles. The third-order valence-electron chi connectivity index (χ3n) is 5.07. The molecule has 0 heterocycles. The fraction of sp³-hybridized carbons (Fsp3) is 0.174. The van der Waals surface area contributed by atoms with Crippen LogP contribution in [0, 0.1) is 0 Å². The number of halogens is 2. The Morgan fingerprint density at radius 3 is 2.69 bits per heavy atom. The van der Waals surface area contributed by atoms with Crippen LogP contribution < -0.4 is 10.6 Å². The summed E-state index contributed by atoms with van der Waals surface area (Å²) >= 11 is 12.4. The highest BCUT2D eigenvalue weighted by Crippen LogP contribution is 2.32. The molecule has 0 aliphatic heterocycles. The van der Waals surface area contributed by atoms with Crippen LogP contribution in [0.3, 0.4) is 0 Å². The number of carbonyl (C=O) groups excluding carboxylic acids is 1. The summed E-state index contributed by atoms with van der Waals surface area (Å²) in [6.45, 7) is 0. The summed E-state index contributed by atoms with van der Waals surface area (Å²) in [5, 5.41) is 16.9. The molecule has 4 nitrogen and oxygen atoms in total. The molecular formula is C23H20Cl2N2O2. The van der Waals surface area contributed by atoms with E-state index < -0.39 is 0 Å². The summed E-state index contributed by atoms with van der Waals surface area (Å²) < 4.78 is 0. The van der Waals surface area contributed by atoms with Gasteiger partial charge < -0.3 is 15.7 Å². The van der Waals surface area contributed by atoms with E-state index in [1.807, 2.05) is 42.5 Å². The number of benzene rings is 3. The second-order valence-electron chi connectivity index (χ2n) is 7.12. The Bertz CT molecular complexity index is 1070. The Morgan fingerprint density at radius 2 is 1.83 bits per heavy atom. The van der Waals surface area contributed by atoms with E-state index >= 15 is 0 Å². The van der Waals surface area contributed by atoms with Crippen LogP contribution >= 0.6 is 23.2 Å². The van der Waals surface area contributed by atoms with Crippen LogP contribution in [0.2, 0.25) is 10.0 Å². The molecule has 1 unspecified atom stereocenters. The number of anilines is 2. The van der Waals surface area contributed by atoms with Gasteiger partial charge in [-0.25, -0.2) is 4.79 Å². The minimum atomic E-state index is -0.368. The number of aliphatic hydroxyl groups excluding tert-OH is 1. The van der Waals surface area contributed by atoms with Gasteiger partial charge in [-0.2, -0.15) is 0 Å². The van der Waals surface area contributed by atoms with Crippen molar-refractivity contribution in [1.29, 1.82) is 0 Å². The van der Waals surface area contributed by atoms with Crippen LogP contribution in [0.25, 0.3) is 11.1 Å². The molecule has 1 aliphatic carbocycles. The van der Waals surface area contributed by atoms with Gasteiger partial charge in [-0.05, 0) is 65.9 Å². The average Bonchev–Trinajstić information content (AvgIpc) is 2.70. The number of carbonyl (C=O) groups is 1. The molecule has 0 bridgehead atoms. The van der Waals surface area contributed by atoms with E-state index in [-0.39, 0.29) is 12.1 Å². The Labute approximate surface area is 179 Å². The molecule has 6 heteroatoms. The summed E-state index contributed by atoms with van der Waals surface area (Å²) in [4.78, 5) is 12.6. The first-order chi connectivity index (χ1) is 14.0. The van der Waals surface area contributed by atoms with Crippen molar-refractivity contribution in [1.82, 2.24) is 0 Å². The number of fused-ring (bicyclic) bond motifs is 1. The highest BCUT2D eigenvalue weighted by atomic mass is 35.5. The van der Waals surface area contributed by atoms with E-state index in [9.17, 15) is 9.90 Å². The van der Waals surface area contributed by atoms with E-state index in [1.165, 1.54) is 5.56 Å². The van der Waals surface area contributed by atoms with Gasteiger partial charge in [0.25, 0.3) is 0 Å². The van der Waals surface area contributed by atoms with Crippen molar-refractivity contribution in [3.05, 3.63) is 81.8 Å². The van der Waals surface area contributed by atoms with Crippen LogP contribution in [0.4, 0.5) is 16.2 Å². The quantitative estimate of drug-likeness (QED) is 0.469. The summed E-state index contributed by atoms with van der Waals surface area (Å²) in [6, 6.07) is 18.2. The first-order valence-electron chi connectivity index (χ1n) is 9.42. The minimum absolute atomic E-state index is 0.340. The first kappa shape index (κ1) is 19.8. The standard InChI is InChI=1S/C23H20Cl2N2O2/c24-16-8-10-21(25)19(12-16)15-4-1-5-17(11-15)26-23(29)27-22-6-2-3-14-7-9-18(28)13-20(14)22/h1-6,8,10-12,18,28H,7,9,13H2,(H2,26,27,29). The maximum absolute atomic E-state index is 12.6. The molecule has 0 fully saturated rings. The SMILES string of the molecule is O=C(Nc1cccc(-c2cc(Cl)ccc2Cl)c1)Nc1cccc2c1CC(O)CC2. The second-order valence-corrected chi connectivity index (χ2v) is 7.97. The normalized spacial score (nSPS) is 15.5. The topological polar surface area (TPSA) is 61.4 Å². The van der Waals surface area contributed by atoms with E-state index in [1.54, 1.807) is 18.2 Å². The summed E-state index contributed by atoms with van der Waals surface area (Å²) in [7, 11) is 0. The molecule has 3 aromatic rings. The number of rotatable bonds is 3. The molecule has 148 valence electrons. The lowest BCUT2D eigenvalue weighted by atomic mass is 9.88. The molecule has 29 heavy (non-hydrogen) atoms. The van der Waals surface area contributed by atoms with Gasteiger partial charge in [-0.3, -0.25) is 0 Å². The van der Waals surface area contributed by atoms with Gasteiger partial charge in [0.2, 0.25) is 0 Å². The lowest BCUT2D eigenvalue weighted by Crippen LogP contribution is -2.24. The number of hydrogen-bond acceptors (Lipinski definition) is 2. The molecule has 4 rings (SSSR count). The van der Waals surface area contributed by atoms with Gasteiger partial charge in [0.1, 0.15) is 0 Å². The number of hydrogen-bond donors (Lipinski definition) is 3. The van der Waals surface area contributed by atoms with Gasteiger partial charge in [-0.15, -0.1) is 0 Å². The van der Waals surface area contributed by atoms with E-state index in [2.05, 4.69) is 10.6 Å². The van der Waals surface area contributed by atoms with Crippen LogP contribution in [-0.2, 0) is 12.8 Å². The zero-order valence-electron chi connectivity index (χ0n) is 15.6. The van der Waals surface area contributed by atoms with E-state index in [0.717, 1.165) is 35.2 Å². The number of nitrogens with one attached hydrogen (secondary N) is 2. The van der Waals surface area contributed by atoms with Gasteiger partial charge in [0.15, 0.2) is 0 Å². The summed E-state index contributed by atoms with van der Waals surface area (Å²) in [5.41, 5.74) is 5.20. The fourth-order valence-electron chi connectivity index (χ4n) is 3.65. The zero-order chi connectivity index (χ0) is 20.4. The molecule has 3 N–H and O–H groups in total. The van der Waals surface area contributed by atoms with Crippen molar-refractivity contribution in [2.45, 2.75) is 25.4 Å². The van der Waals surface area contributed by atoms with Crippen molar-refractivity contribution >= 4 is 40.6 Å². The van der Waals surface area contributed by atoms with Crippen molar-refractivity contribution < 1.29 is 9.90 Å². The van der Waals surface area contributed by atoms with Crippen LogP contribution in [0.15, 0.2) is 60.7 Å². The smallest absolute Gasteiger partial charge is 0.323 e. The fourth-order valence-corrected chi connectivity index (χ4v) is 4.05. The molecule has 1 aliphatic rings. The first-order valence-corrected chi connectivity index (χ1v) is 10.2. The molecule has 0 radical (unpaired) electrons. The Balaban J connectivity index is 1.52. The average molecular weight is 427 g/mol. The summed E-state index contributed by atoms with van der Waals surface area (Å²) in [5.74, 6) is 0. The minimum Gasteiger partial charge on any atom is -0.393 e. The lowest BCUT2D eigenvalue weighted by Gasteiger charge is -2.23. The molecule has 2 amide bonds. The van der Waals surface area contributed by atoms with Crippen molar-refractivity contribution in [3.8, 4) is 11.1 Å². The van der Waals surface area contributed by atoms with Crippen LogP contribution in [-0.4, -0.2) is 17.2 Å². The number of aryl methyl sites for hydroxylation is 1. The highest BCUT2D eigenvalue weighted by molar-refractivity contribution is 6.35. The number of urea groups is 1. The molecule has 3 aromatic carbocycles.